The molecule has 1 aromatic heterocycles. The van der Waals surface area contributed by atoms with E-state index in [0.29, 0.717) is 0 Å². The van der Waals surface area contributed by atoms with Gasteiger partial charge in [-0.3, -0.25) is 14.9 Å². The van der Waals surface area contributed by atoms with E-state index in [4.69, 9.17) is 11.6 Å². The van der Waals surface area contributed by atoms with Crippen LogP contribution in [0, 0.1) is 10.1 Å². The van der Waals surface area contributed by atoms with E-state index in [1.54, 1.807) is 6.92 Å². The molecule has 0 fully saturated rings. The first-order chi connectivity index (χ1) is 8.43. The minimum Gasteiger partial charge on any atom is -0.469 e. The molecular formula is C10H11ClN2O4S. The normalized spacial score (nSPS) is 11.9. The maximum atomic E-state index is 11.1. The Morgan fingerprint density at radius 1 is 1.72 bits per heavy atom. The van der Waals surface area contributed by atoms with E-state index in [1.807, 2.05) is 0 Å². The number of carbonyl (C=O) groups excluding carboxylic acids is 1. The summed E-state index contributed by atoms with van der Waals surface area (Å²) < 4.78 is 4.53. The highest BCUT2D eigenvalue weighted by molar-refractivity contribution is 8.00. The molecule has 0 aliphatic heterocycles. The molecule has 0 radical (unpaired) electrons. The maximum Gasteiger partial charge on any atom is 0.306 e. The van der Waals surface area contributed by atoms with Gasteiger partial charge >= 0.3 is 11.7 Å². The van der Waals surface area contributed by atoms with Crippen molar-refractivity contribution < 1.29 is 14.5 Å². The van der Waals surface area contributed by atoms with Crippen LogP contribution in [0.5, 0.6) is 0 Å². The molecule has 0 saturated carbocycles. The van der Waals surface area contributed by atoms with Gasteiger partial charge in [0.1, 0.15) is 0 Å². The van der Waals surface area contributed by atoms with Crippen LogP contribution in [0.15, 0.2) is 17.3 Å². The number of hydrogen-bond donors (Lipinski definition) is 0. The molecular weight excluding hydrogens is 280 g/mol. The summed E-state index contributed by atoms with van der Waals surface area (Å²) in [7, 11) is 1.29. The van der Waals surface area contributed by atoms with Crippen LogP contribution in [0.3, 0.4) is 0 Å². The van der Waals surface area contributed by atoms with E-state index in [1.165, 1.54) is 19.4 Å². The first-order valence-electron chi connectivity index (χ1n) is 4.97. The summed E-state index contributed by atoms with van der Waals surface area (Å²) >= 11 is 6.79. The quantitative estimate of drug-likeness (QED) is 0.359. The molecule has 1 unspecified atom stereocenters. The molecule has 0 aromatic carbocycles. The minimum atomic E-state index is -0.550. The lowest BCUT2D eigenvalue weighted by Gasteiger charge is -2.09. The number of rotatable bonds is 5. The Hall–Kier alpha value is -1.34. The van der Waals surface area contributed by atoms with E-state index in [9.17, 15) is 14.9 Å². The Balaban J connectivity index is 2.84. The van der Waals surface area contributed by atoms with E-state index >= 15 is 0 Å². The van der Waals surface area contributed by atoms with Crippen LogP contribution >= 0.6 is 23.4 Å². The average molecular weight is 291 g/mol. The maximum absolute atomic E-state index is 11.1. The Bertz CT molecular complexity index is 469. The van der Waals surface area contributed by atoms with E-state index in [-0.39, 0.29) is 33.4 Å². The number of nitrogens with zero attached hydrogens (tertiary/aromatic N) is 2. The zero-order chi connectivity index (χ0) is 13.7. The highest BCUT2D eigenvalue weighted by Gasteiger charge is 2.20. The molecule has 0 aliphatic rings. The minimum absolute atomic E-state index is 0.155. The lowest BCUT2D eigenvalue weighted by Crippen LogP contribution is -2.09. The summed E-state index contributed by atoms with van der Waals surface area (Å²) in [5.41, 5.74) is -0.163. The first-order valence-corrected chi connectivity index (χ1v) is 6.23. The largest absolute Gasteiger partial charge is 0.469 e. The lowest BCUT2D eigenvalue weighted by atomic mass is 10.3. The third-order valence-corrected chi connectivity index (χ3v) is 3.30. The van der Waals surface area contributed by atoms with Gasteiger partial charge in [-0.1, -0.05) is 30.3 Å². The number of halogens is 1. The molecule has 8 heteroatoms. The second kappa shape index (κ2) is 6.55. The Labute approximate surface area is 113 Å². The molecule has 0 aliphatic carbocycles. The van der Waals surface area contributed by atoms with Gasteiger partial charge in [0.05, 0.1) is 23.5 Å². The molecule has 0 bridgehead atoms. The van der Waals surface area contributed by atoms with Crippen LogP contribution < -0.4 is 0 Å². The lowest BCUT2D eigenvalue weighted by molar-refractivity contribution is -0.388. The number of ether oxygens (including phenoxy) is 1. The van der Waals surface area contributed by atoms with Crippen LogP contribution in [-0.4, -0.2) is 28.2 Å². The topological polar surface area (TPSA) is 82.3 Å². The number of pyridine rings is 1. The highest BCUT2D eigenvalue weighted by Crippen LogP contribution is 2.32. The molecule has 0 saturated heterocycles. The zero-order valence-electron chi connectivity index (χ0n) is 9.75. The Kier molecular flexibility index (Phi) is 5.36. The Morgan fingerprint density at radius 2 is 2.39 bits per heavy atom. The average Bonchev–Trinajstić information content (AvgIpc) is 2.30. The van der Waals surface area contributed by atoms with Crippen molar-refractivity contribution in [2.45, 2.75) is 23.6 Å². The van der Waals surface area contributed by atoms with Crippen molar-refractivity contribution in [1.29, 1.82) is 0 Å². The standard InChI is InChI=1S/C10H11ClN2O4S/c1-6(3-9(14)17-2)18-10-8(13(15)16)4-7(11)5-12-10/h4-6H,3H2,1-2H3. The number of esters is 1. The molecule has 6 nitrogen and oxygen atoms in total. The first kappa shape index (κ1) is 14.7. The number of thioether (sulfide) groups is 1. The number of aromatic nitrogens is 1. The van der Waals surface area contributed by atoms with Crippen molar-refractivity contribution in [2.75, 3.05) is 7.11 Å². The smallest absolute Gasteiger partial charge is 0.306 e. The van der Waals surface area contributed by atoms with Gasteiger partial charge in [0.25, 0.3) is 0 Å². The van der Waals surface area contributed by atoms with Crippen LogP contribution in [-0.2, 0) is 9.53 Å². The molecule has 98 valence electrons. The summed E-state index contributed by atoms with van der Waals surface area (Å²) in [5, 5.41) is 11.1. The fraction of sp³-hybridized carbons (Fsp3) is 0.400. The van der Waals surface area contributed by atoms with E-state index in [0.717, 1.165) is 11.8 Å². The van der Waals surface area contributed by atoms with Crippen molar-refractivity contribution in [2.24, 2.45) is 0 Å². The number of methoxy groups -OCH3 is 1. The number of carbonyl (C=O) groups is 1. The van der Waals surface area contributed by atoms with Crippen LogP contribution in [0.25, 0.3) is 0 Å². The van der Waals surface area contributed by atoms with Gasteiger partial charge in [-0.25, -0.2) is 4.98 Å². The molecule has 1 atom stereocenters. The fourth-order valence-corrected chi connectivity index (χ4v) is 2.31. The molecule has 1 heterocycles. The van der Waals surface area contributed by atoms with Gasteiger partial charge in [-0.05, 0) is 0 Å². The van der Waals surface area contributed by atoms with Crippen LogP contribution in [0.2, 0.25) is 5.02 Å². The van der Waals surface area contributed by atoms with Crippen molar-refractivity contribution in [3.8, 4) is 0 Å². The molecule has 1 rings (SSSR count). The van der Waals surface area contributed by atoms with Gasteiger partial charge in [-0.2, -0.15) is 0 Å². The van der Waals surface area contributed by atoms with Gasteiger partial charge in [0, 0.05) is 17.5 Å². The molecule has 0 N–H and O–H groups in total. The monoisotopic (exact) mass is 290 g/mol. The van der Waals surface area contributed by atoms with Crippen LogP contribution in [0.1, 0.15) is 13.3 Å². The third kappa shape index (κ3) is 4.15. The van der Waals surface area contributed by atoms with Crippen molar-refractivity contribution in [1.82, 2.24) is 4.98 Å². The number of hydrogen-bond acceptors (Lipinski definition) is 6. The molecule has 1 aromatic rings. The van der Waals surface area contributed by atoms with Gasteiger partial charge in [0.2, 0.25) is 0 Å². The van der Waals surface area contributed by atoms with Crippen LogP contribution in [0.4, 0.5) is 5.69 Å². The summed E-state index contributed by atoms with van der Waals surface area (Å²) in [5.74, 6) is -0.369. The predicted molar refractivity (Wildman–Crippen MR) is 67.9 cm³/mol. The SMILES string of the molecule is COC(=O)CC(C)Sc1ncc(Cl)cc1[N+](=O)[O-]. The zero-order valence-corrected chi connectivity index (χ0v) is 11.3. The Morgan fingerprint density at radius 3 is 2.94 bits per heavy atom. The third-order valence-electron chi connectivity index (χ3n) is 1.99. The second-order valence-electron chi connectivity index (χ2n) is 3.44. The highest BCUT2D eigenvalue weighted by atomic mass is 35.5. The summed E-state index contributed by atoms with van der Waals surface area (Å²) in [6.45, 7) is 1.77. The van der Waals surface area contributed by atoms with Gasteiger partial charge < -0.3 is 4.74 Å². The molecule has 0 spiro atoms. The fourth-order valence-electron chi connectivity index (χ4n) is 1.19. The van der Waals surface area contributed by atoms with Crippen molar-refractivity contribution in [3.05, 3.63) is 27.4 Å². The summed E-state index contributed by atoms with van der Waals surface area (Å²) in [6, 6.07) is 1.24. The summed E-state index contributed by atoms with van der Waals surface area (Å²) in [4.78, 5) is 25.3. The second-order valence-corrected chi connectivity index (χ2v) is 5.31. The predicted octanol–water partition coefficient (Wildman–Crippen LogP) is 2.69. The van der Waals surface area contributed by atoms with Gasteiger partial charge in [-0.15, -0.1) is 0 Å². The van der Waals surface area contributed by atoms with E-state index in [2.05, 4.69) is 9.72 Å². The van der Waals surface area contributed by atoms with Crippen molar-refractivity contribution >= 4 is 35.0 Å². The van der Waals surface area contributed by atoms with Crippen molar-refractivity contribution in [3.63, 3.8) is 0 Å². The molecule has 0 amide bonds. The van der Waals surface area contributed by atoms with E-state index < -0.39 is 4.92 Å². The van der Waals surface area contributed by atoms with Gasteiger partial charge in [0.15, 0.2) is 5.03 Å². The summed E-state index contributed by atoms with van der Waals surface area (Å²) in [6.07, 6.45) is 1.49. The number of nitro groups is 1. The molecule has 18 heavy (non-hydrogen) atoms.